The van der Waals surface area contributed by atoms with Crippen LogP contribution >= 0.6 is 11.6 Å². The summed E-state index contributed by atoms with van der Waals surface area (Å²) in [5.74, 6) is 0.683. The Labute approximate surface area is 119 Å². The van der Waals surface area contributed by atoms with Crippen molar-refractivity contribution in [1.82, 2.24) is 10.6 Å². The number of alkyl carbamates (subject to hydrolysis) is 2. The quantitative estimate of drug-likeness (QED) is 0.478. The minimum Gasteiger partial charge on any atom is -0.450 e. The molecule has 112 valence electrons. The smallest absolute Gasteiger partial charge is 0.407 e. The molecule has 19 heavy (non-hydrogen) atoms. The molecule has 2 amide bonds. The van der Waals surface area contributed by atoms with Crippen LogP contribution in [0.3, 0.4) is 0 Å². The lowest BCUT2D eigenvalue weighted by atomic mass is 10.2. The van der Waals surface area contributed by atoms with E-state index < -0.39 is 12.2 Å². The third-order valence-electron chi connectivity index (χ3n) is 2.21. The lowest BCUT2D eigenvalue weighted by molar-refractivity contribution is 0.135. The van der Waals surface area contributed by atoms with Crippen LogP contribution in [0.5, 0.6) is 0 Å². The zero-order valence-corrected chi connectivity index (χ0v) is 12.1. The van der Waals surface area contributed by atoms with E-state index in [0.29, 0.717) is 19.0 Å². The maximum absolute atomic E-state index is 11.2. The Morgan fingerprint density at radius 3 is 2.26 bits per heavy atom. The van der Waals surface area contributed by atoms with Gasteiger partial charge in [0.05, 0.1) is 13.2 Å². The average molecular weight is 295 g/mol. The minimum absolute atomic E-state index is 0.122. The van der Waals surface area contributed by atoms with E-state index in [1.807, 2.05) is 0 Å². The fourth-order valence-electron chi connectivity index (χ4n) is 1.29. The summed E-state index contributed by atoms with van der Waals surface area (Å²) in [5.41, 5.74) is 0. The number of carbonyl (C=O) groups excluding carboxylic acids is 2. The molecule has 0 saturated carbocycles. The number of hydrogen-bond donors (Lipinski definition) is 2. The number of carbonyl (C=O) groups is 2. The first-order chi connectivity index (χ1) is 9.20. The molecule has 0 atom stereocenters. The van der Waals surface area contributed by atoms with Crippen LogP contribution in [0.4, 0.5) is 9.59 Å². The number of alkyl halides is 1. The predicted octanol–water partition coefficient (Wildman–Crippen LogP) is 2.26. The van der Waals surface area contributed by atoms with Crippen LogP contribution in [0.2, 0.25) is 0 Å². The van der Waals surface area contributed by atoms with Crippen LogP contribution in [0, 0.1) is 0 Å². The van der Waals surface area contributed by atoms with Crippen molar-refractivity contribution in [2.24, 2.45) is 0 Å². The van der Waals surface area contributed by atoms with Gasteiger partial charge < -0.3 is 20.1 Å². The molecule has 0 unspecified atom stereocenters. The molecule has 0 spiro atoms. The highest BCUT2D eigenvalue weighted by molar-refractivity contribution is 6.17. The van der Waals surface area contributed by atoms with Crippen molar-refractivity contribution in [3.8, 4) is 0 Å². The summed E-state index contributed by atoms with van der Waals surface area (Å²) in [6.07, 6.45) is 3.05. The molecule has 7 heteroatoms. The van der Waals surface area contributed by atoms with E-state index in [9.17, 15) is 9.59 Å². The average Bonchev–Trinajstić information content (AvgIpc) is 2.39. The Kier molecular flexibility index (Phi) is 12.4. The van der Waals surface area contributed by atoms with Crippen molar-refractivity contribution >= 4 is 23.8 Å². The Morgan fingerprint density at radius 1 is 0.947 bits per heavy atom. The van der Waals surface area contributed by atoms with Gasteiger partial charge in [0.15, 0.2) is 0 Å². The van der Waals surface area contributed by atoms with E-state index in [1.165, 1.54) is 0 Å². The van der Waals surface area contributed by atoms with Crippen molar-refractivity contribution in [1.29, 1.82) is 0 Å². The summed E-state index contributed by atoms with van der Waals surface area (Å²) < 4.78 is 9.50. The van der Waals surface area contributed by atoms with Crippen LogP contribution in [-0.2, 0) is 9.47 Å². The highest BCUT2D eigenvalue weighted by Gasteiger charge is 2.02. The Morgan fingerprint density at radius 2 is 1.58 bits per heavy atom. The molecular weight excluding hydrogens is 272 g/mol. The molecule has 2 N–H and O–H groups in total. The lowest BCUT2D eigenvalue weighted by Gasteiger charge is -2.08. The van der Waals surface area contributed by atoms with Crippen LogP contribution in [0.25, 0.3) is 0 Å². The first-order valence-corrected chi connectivity index (χ1v) is 7.11. The van der Waals surface area contributed by atoms with Gasteiger partial charge in [0.2, 0.25) is 0 Å². The number of nitrogens with one attached hydrogen (secondary N) is 2. The van der Waals surface area contributed by atoms with E-state index in [0.717, 1.165) is 25.7 Å². The lowest BCUT2D eigenvalue weighted by Crippen LogP contribution is -2.31. The maximum atomic E-state index is 11.2. The van der Waals surface area contributed by atoms with Gasteiger partial charge in [0.25, 0.3) is 0 Å². The first-order valence-electron chi connectivity index (χ1n) is 6.58. The second-order valence-corrected chi connectivity index (χ2v) is 4.19. The SMILES string of the molecule is CCOC(=O)NCCOC(=O)NCCCCCCCl. The van der Waals surface area contributed by atoms with Gasteiger partial charge in [-0.1, -0.05) is 12.8 Å². The molecule has 0 aliphatic rings. The maximum Gasteiger partial charge on any atom is 0.407 e. The summed E-state index contributed by atoms with van der Waals surface area (Å²) in [5, 5.41) is 5.09. The molecule has 0 heterocycles. The van der Waals surface area contributed by atoms with Crippen molar-refractivity contribution in [2.75, 3.05) is 32.2 Å². The van der Waals surface area contributed by atoms with Crippen LogP contribution in [-0.4, -0.2) is 44.4 Å². The summed E-state index contributed by atoms with van der Waals surface area (Å²) in [6, 6.07) is 0. The number of hydrogen-bond acceptors (Lipinski definition) is 4. The summed E-state index contributed by atoms with van der Waals surface area (Å²) in [4.78, 5) is 22.1. The number of unbranched alkanes of at least 4 members (excludes halogenated alkanes) is 3. The predicted molar refractivity (Wildman–Crippen MR) is 73.6 cm³/mol. The van der Waals surface area contributed by atoms with Crippen molar-refractivity contribution in [3.63, 3.8) is 0 Å². The van der Waals surface area contributed by atoms with E-state index >= 15 is 0 Å². The van der Waals surface area contributed by atoms with Gasteiger partial charge in [-0.2, -0.15) is 0 Å². The van der Waals surface area contributed by atoms with Crippen LogP contribution in [0.1, 0.15) is 32.6 Å². The molecule has 0 aromatic carbocycles. The molecule has 0 bridgehead atoms. The van der Waals surface area contributed by atoms with E-state index in [1.54, 1.807) is 6.92 Å². The van der Waals surface area contributed by atoms with Gasteiger partial charge in [-0.3, -0.25) is 0 Å². The summed E-state index contributed by atoms with van der Waals surface area (Å²) in [6.45, 7) is 2.98. The monoisotopic (exact) mass is 294 g/mol. The number of halogens is 1. The highest BCUT2D eigenvalue weighted by Crippen LogP contribution is 1.99. The van der Waals surface area contributed by atoms with E-state index in [-0.39, 0.29) is 13.2 Å². The Hall–Kier alpha value is -1.17. The summed E-state index contributed by atoms with van der Waals surface area (Å²) in [7, 11) is 0. The fourth-order valence-corrected chi connectivity index (χ4v) is 1.48. The largest absolute Gasteiger partial charge is 0.450 e. The number of amides is 2. The molecule has 0 aromatic heterocycles. The second kappa shape index (κ2) is 13.3. The topological polar surface area (TPSA) is 76.7 Å². The molecule has 0 saturated heterocycles. The van der Waals surface area contributed by atoms with Gasteiger partial charge >= 0.3 is 12.2 Å². The molecular formula is C12H23ClN2O4. The van der Waals surface area contributed by atoms with Crippen molar-refractivity contribution in [2.45, 2.75) is 32.6 Å². The highest BCUT2D eigenvalue weighted by atomic mass is 35.5. The summed E-state index contributed by atoms with van der Waals surface area (Å²) >= 11 is 5.55. The second-order valence-electron chi connectivity index (χ2n) is 3.81. The number of rotatable bonds is 10. The van der Waals surface area contributed by atoms with Crippen molar-refractivity contribution < 1.29 is 19.1 Å². The van der Waals surface area contributed by atoms with Crippen LogP contribution < -0.4 is 10.6 Å². The Bertz CT molecular complexity index is 252. The molecule has 0 fully saturated rings. The van der Waals surface area contributed by atoms with Gasteiger partial charge in [-0.25, -0.2) is 9.59 Å². The minimum atomic E-state index is -0.509. The first kappa shape index (κ1) is 17.8. The Balaban J connectivity index is 3.28. The molecule has 0 radical (unpaired) electrons. The zero-order valence-electron chi connectivity index (χ0n) is 11.4. The molecule has 0 aromatic rings. The van der Waals surface area contributed by atoms with Crippen molar-refractivity contribution in [3.05, 3.63) is 0 Å². The molecule has 0 rings (SSSR count). The molecule has 0 aliphatic heterocycles. The van der Waals surface area contributed by atoms with E-state index in [2.05, 4.69) is 15.4 Å². The normalized spacial score (nSPS) is 9.79. The standard InChI is InChI=1S/C12H23ClN2O4/c1-2-18-11(16)15-9-10-19-12(17)14-8-6-4-3-5-7-13/h2-10H2,1H3,(H,14,17)(H,15,16). The van der Waals surface area contributed by atoms with Gasteiger partial charge in [0, 0.05) is 12.4 Å². The fraction of sp³-hybridized carbons (Fsp3) is 0.833. The molecule has 0 aliphatic carbocycles. The third kappa shape index (κ3) is 13.1. The molecule has 6 nitrogen and oxygen atoms in total. The van der Waals surface area contributed by atoms with Crippen LogP contribution in [0.15, 0.2) is 0 Å². The third-order valence-corrected chi connectivity index (χ3v) is 2.48. The zero-order chi connectivity index (χ0) is 14.3. The number of ether oxygens (including phenoxy) is 2. The van der Waals surface area contributed by atoms with E-state index in [4.69, 9.17) is 16.3 Å². The van der Waals surface area contributed by atoms with Gasteiger partial charge in [-0.15, -0.1) is 11.6 Å². The van der Waals surface area contributed by atoms with Gasteiger partial charge in [0.1, 0.15) is 6.61 Å². The van der Waals surface area contributed by atoms with Gasteiger partial charge in [-0.05, 0) is 19.8 Å².